The second-order valence-corrected chi connectivity index (χ2v) is 22.5. The van der Waals surface area contributed by atoms with E-state index < -0.39 is 27.0 Å². The van der Waals surface area contributed by atoms with Crippen LogP contribution in [0.3, 0.4) is 0 Å². The molecule has 2 nitrogen and oxygen atoms in total. The molecule has 4 heterocycles. The fourth-order valence-electron chi connectivity index (χ4n) is 7.32. The summed E-state index contributed by atoms with van der Waals surface area (Å²) in [6, 6.07) is 23.9. The third-order valence-corrected chi connectivity index (χ3v) is 25.3. The van der Waals surface area contributed by atoms with Gasteiger partial charge >= 0.3 is 235 Å². The van der Waals surface area contributed by atoms with Gasteiger partial charge in [0.1, 0.15) is 0 Å². The second kappa shape index (κ2) is 7.97. The summed E-state index contributed by atoms with van der Waals surface area (Å²) < 4.78 is 18.2. The van der Waals surface area contributed by atoms with Gasteiger partial charge in [0.2, 0.25) is 0 Å². The first-order valence-corrected chi connectivity index (χ1v) is 19.7. The molecule has 1 spiro atoms. The molecule has 4 aliphatic heterocycles. The summed E-state index contributed by atoms with van der Waals surface area (Å²) in [5.41, 5.74) is 9.99. The molecule has 0 N–H and O–H groups in total. The Bertz CT molecular complexity index is 1540. The van der Waals surface area contributed by atoms with Crippen molar-refractivity contribution < 1.29 is 9.26 Å². The van der Waals surface area contributed by atoms with Crippen LogP contribution in [0.15, 0.2) is 60.7 Å². The molecule has 2 bridgehead atoms. The van der Waals surface area contributed by atoms with E-state index >= 15 is 0 Å². The maximum absolute atomic E-state index is 7.80. The molecule has 4 heteroatoms. The average molecular weight is 629 g/mol. The molecule has 0 aliphatic carbocycles. The van der Waals surface area contributed by atoms with Crippen molar-refractivity contribution in [1.29, 1.82) is 0 Å². The van der Waals surface area contributed by atoms with Crippen LogP contribution >= 0.6 is 6.83 Å². The summed E-state index contributed by atoms with van der Waals surface area (Å²) in [6.07, 6.45) is 0.0543. The number of rotatable bonds is 2. The zero-order valence-electron chi connectivity index (χ0n) is 23.6. The van der Waals surface area contributed by atoms with Crippen molar-refractivity contribution in [2.45, 2.75) is 60.2 Å². The summed E-state index contributed by atoms with van der Waals surface area (Å²) >= 11 is -2.25. The van der Waals surface area contributed by atoms with Crippen LogP contribution in [0, 0.1) is 41.5 Å². The monoisotopic (exact) mass is 628 g/mol. The Hall–Kier alpha value is -2.11. The summed E-state index contributed by atoms with van der Waals surface area (Å²) in [4.78, 5) is 0. The van der Waals surface area contributed by atoms with Crippen molar-refractivity contribution in [2.24, 2.45) is 0 Å². The van der Waals surface area contributed by atoms with Crippen molar-refractivity contribution in [2.75, 3.05) is 7.11 Å². The zero-order valence-corrected chi connectivity index (χ0v) is 27.1. The maximum atomic E-state index is 7.80. The second-order valence-electron chi connectivity index (χ2n) is 11.8. The van der Waals surface area contributed by atoms with E-state index in [1.165, 1.54) is 38.9 Å². The molecule has 0 aromatic heterocycles. The van der Waals surface area contributed by atoms with Crippen molar-refractivity contribution in [3.8, 4) is 5.75 Å². The number of ether oxygens (including phenoxy) is 1. The van der Waals surface area contributed by atoms with Gasteiger partial charge in [-0.15, -0.1) is 0 Å². The van der Waals surface area contributed by atoms with Gasteiger partial charge in [-0.2, -0.15) is 0 Å². The predicted octanol–water partition coefficient (Wildman–Crippen LogP) is 4.59. The molecule has 4 aromatic rings. The van der Waals surface area contributed by atoms with Gasteiger partial charge in [0.25, 0.3) is 0 Å². The summed E-state index contributed by atoms with van der Waals surface area (Å²) in [6.45, 7) is 13.0. The molecule has 194 valence electrons. The van der Waals surface area contributed by atoms with E-state index in [4.69, 9.17) is 9.26 Å². The van der Waals surface area contributed by atoms with Gasteiger partial charge in [0.15, 0.2) is 0 Å². The molecule has 8 rings (SSSR count). The molecule has 1 fully saturated rings. The molecule has 38 heavy (non-hydrogen) atoms. The van der Waals surface area contributed by atoms with Gasteiger partial charge < -0.3 is 0 Å². The first kappa shape index (κ1) is 24.9. The van der Waals surface area contributed by atoms with Gasteiger partial charge in [-0.1, -0.05) is 0 Å². The minimum atomic E-state index is -3.20. The summed E-state index contributed by atoms with van der Waals surface area (Å²) in [5.74, 6) is 0.889. The van der Waals surface area contributed by atoms with E-state index in [1.54, 1.807) is 33.6 Å². The fourth-order valence-corrected chi connectivity index (χ4v) is 28.8. The SMILES string of the molecule is COc1ccc([C@H]2OP34(c5cc(C)c(C)c[c]5[Sb]([c]5cc(C)c(C)cc53)[c]3cc(C)c(C)cc34)[C@@H]2C)cc1. The van der Waals surface area contributed by atoms with Gasteiger partial charge in [0, 0.05) is 0 Å². The topological polar surface area (TPSA) is 18.5 Å². The molecule has 0 saturated carbocycles. The molecule has 0 unspecified atom stereocenters. The Balaban J connectivity index is 1.62. The van der Waals surface area contributed by atoms with Crippen LogP contribution in [-0.2, 0) is 4.52 Å². The molecular formula is C34H36O2PSb. The Morgan fingerprint density at radius 3 is 1.39 bits per heavy atom. The van der Waals surface area contributed by atoms with Gasteiger partial charge in [0.05, 0.1) is 0 Å². The molecule has 1 saturated heterocycles. The Morgan fingerprint density at radius 1 is 0.632 bits per heavy atom. The van der Waals surface area contributed by atoms with Crippen molar-refractivity contribution in [3.63, 3.8) is 0 Å². The van der Waals surface area contributed by atoms with Crippen LogP contribution in [0.1, 0.15) is 52.0 Å². The molecule has 4 aromatic carbocycles. The Labute approximate surface area is 234 Å². The molecule has 4 aliphatic rings. The summed E-state index contributed by atoms with van der Waals surface area (Å²) in [5, 5.41) is 4.68. The normalized spacial score (nSPS) is 22.6. The van der Waals surface area contributed by atoms with E-state index in [0.29, 0.717) is 5.66 Å². The Kier molecular flexibility index (Phi) is 5.22. The summed E-state index contributed by atoms with van der Waals surface area (Å²) in [7, 11) is 1.73. The molecule has 0 radical (unpaired) electrons. The third-order valence-electron chi connectivity index (χ3n) is 9.92. The van der Waals surface area contributed by atoms with E-state index in [0.717, 1.165) is 5.75 Å². The van der Waals surface area contributed by atoms with Gasteiger partial charge in [-0.05, 0) is 0 Å². The number of aryl methyl sites for hydroxylation is 6. The fraction of sp³-hybridized carbons (Fsp3) is 0.294. The van der Waals surface area contributed by atoms with Crippen LogP contribution < -0.4 is 31.2 Å². The molecule has 2 atom stereocenters. The number of hydrogen-bond acceptors (Lipinski definition) is 2. The Morgan fingerprint density at radius 2 is 1.03 bits per heavy atom. The quantitative estimate of drug-likeness (QED) is 0.239. The first-order chi connectivity index (χ1) is 18.1. The van der Waals surface area contributed by atoms with E-state index in [2.05, 4.69) is 109 Å². The van der Waals surface area contributed by atoms with Crippen LogP contribution in [0.5, 0.6) is 5.75 Å². The standard InChI is InChI=1S/C34H36O2P.Sb/c1-22-9-16-31(19-25(22)4)37(32-17-10-23(2)26(5)20-32,33-18-11-24(3)27(6)21-33)28(7)34(36-37)29-12-14-30(35-8)15-13-29;/h9-15,19-21,28,34H,1-8H3;/t28-,34+;/m1./s1. The van der Waals surface area contributed by atoms with Crippen molar-refractivity contribution >= 4 is 53.5 Å². The van der Waals surface area contributed by atoms with Crippen molar-refractivity contribution in [3.05, 3.63) is 99.6 Å². The van der Waals surface area contributed by atoms with Crippen molar-refractivity contribution in [1.82, 2.24) is 0 Å². The van der Waals surface area contributed by atoms with Gasteiger partial charge in [-0.3, -0.25) is 0 Å². The minimum absolute atomic E-state index is 0.0543. The number of benzene rings is 4. The number of methoxy groups -OCH3 is 1. The first-order valence-electron chi connectivity index (χ1n) is 13.6. The van der Waals surface area contributed by atoms with Crippen LogP contribution in [0.25, 0.3) is 0 Å². The van der Waals surface area contributed by atoms with Crippen LogP contribution in [0.4, 0.5) is 0 Å². The van der Waals surface area contributed by atoms with E-state index in [1.807, 2.05) is 0 Å². The predicted molar refractivity (Wildman–Crippen MR) is 165 cm³/mol. The number of hydrogen-bond donors (Lipinski definition) is 0. The molecular weight excluding hydrogens is 593 g/mol. The molecule has 0 amide bonds. The van der Waals surface area contributed by atoms with E-state index in [-0.39, 0.29) is 6.10 Å². The zero-order chi connectivity index (χ0) is 26.7. The average Bonchev–Trinajstić information content (AvgIpc) is 2.90. The van der Waals surface area contributed by atoms with Crippen LogP contribution in [0.2, 0.25) is 0 Å². The van der Waals surface area contributed by atoms with E-state index in [9.17, 15) is 0 Å². The van der Waals surface area contributed by atoms with Gasteiger partial charge in [-0.25, -0.2) is 0 Å². The third kappa shape index (κ3) is 2.73. The van der Waals surface area contributed by atoms with Crippen LogP contribution in [-0.4, -0.2) is 33.0 Å².